The van der Waals surface area contributed by atoms with Gasteiger partial charge in [-0.2, -0.15) is 0 Å². The molecule has 0 aromatic heterocycles. The number of likely N-dealkylation sites (tertiary alicyclic amines) is 2. The van der Waals surface area contributed by atoms with E-state index in [1.165, 1.54) is 7.11 Å². The number of ether oxygens (including phenoxy) is 3. The van der Waals surface area contributed by atoms with Crippen LogP contribution in [0.4, 0.5) is 5.69 Å². The molecule has 3 aliphatic rings. The molecule has 2 aliphatic heterocycles. The lowest BCUT2D eigenvalue weighted by Crippen LogP contribution is -2.60. The largest absolute Gasteiger partial charge is 0.494 e. The smallest absolute Gasteiger partial charge is 0.307 e. The number of ketones is 1. The molecule has 2 aromatic rings. The van der Waals surface area contributed by atoms with E-state index >= 15 is 0 Å². The Hall–Kier alpha value is -4.86. The number of aliphatic carboxylic acids is 1. The zero-order valence-electron chi connectivity index (χ0n) is 42.5. The SMILES string of the molecule is CC[C@H](C)[C@@H]([C@@H](CC(=O)N1CCC[C@H]1[C@H](OC)[C@@H](C)C(=O)C[C@@H](Cc1ccccc1)C(=O)O)OC)N(C)C(=O)[C@@H](NC(=O)[C@@H]1[C@H]2CC[C@@H](C2)N1CCCCCCOc1ccc(C=O)c(N)c1)C(C)C. The normalized spacial score (nSPS) is 22.1. The molecule has 2 bridgehead atoms. The molecule has 3 fully saturated rings. The molecule has 11 atom stereocenters. The number of benzene rings is 2. The third-order valence-corrected chi connectivity index (χ3v) is 15.5. The van der Waals surface area contributed by atoms with E-state index in [0.717, 1.165) is 69.8 Å². The van der Waals surface area contributed by atoms with E-state index < -0.39 is 48.1 Å². The Bertz CT molecular complexity index is 2020. The highest BCUT2D eigenvalue weighted by atomic mass is 16.5. The lowest BCUT2D eigenvalue weighted by atomic mass is 9.85. The molecule has 69 heavy (non-hydrogen) atoms. The zero-order chi connectivity index (χ0) is 50.4. The molecule has 1 saturated carbocycles. The molecule has 3 amide bonds. The van der Waals surface area contributed by atoms with Gasteiger partial charge in [0.05, 0.1) is 49.3 Å². The summed E-state index contributed by atoms with van der Waals surface area (Å²) in [5, 5.41) is 13.2. The second-order valence-corrected chi connectivity index (χ2v) is 20.3. The van der Waals surface area contributed by atoms with Gasteiger partial charge in [0.2, 0.25) is 17.7 Å². The molecule has 15 heteroatoms. The van der Waals surface area contributed by atoms with Crippen molar-refractivity contribution < 1.29 is 48.1 Å². The number of nitrogens with two attached hydrogens (primary N) is 1. The quantitative estimate of drug-likeness (QED) is 0.0437. The fraction of sp³-hybridized carbons (Fsp3) is 0.667. The van der Waals surface area contributed by atoms with Crippen molar-refractivity contribution in [2.24, 2.45) is 29.6 Å². The number of aldehydes is 1. The third-order valence-electron chi connectivity index (χ3n) is 15.5. The summed E-state index contributed by atoms with van der Waals surface area (Å²) >= 11 is 0. The number of amides is 3. The fourth-order valence-electron chi connectivity index (χ4n) is 11.3. The monoisotopic (exact) mass is 960 g/mol. The molecule has 4 N–H and O–H groups in total. The van der Waals surface area contributed by atoms with Crippen LogP contribution in [0.5, 0.6) is 5.75 Å². The van der Waals surface area contributed by atoms with Gasteiger partial charge in [0, 0.05) is 63.5 Å². The maximum absolute atomic E-state index is 14.7. The number of carboxylic acids is 1. The van der Waals surface area contributed by atoms with Gasteiger partial charge in [-0.05, 0) is 93.4 Å². The summed E-state index contributed by atoms with van der Waals surface area (Å²) in [4.78, 5) is 86.4. The van der Waals surface area contributed by atoms with Gasteiger partial charge in [-0.15, -0.1) is 0 Å². The van der Waals surface area contributed by atoms with E-state index in [0.29, 0.717) is 49.0 Å². The Morgan fingerprint density at radius 3 is 2.30 bits per heavy atom. The number of rotatable bonds is 29. The number of carboxylic acid groups (broad SMARTS) is 1. The van der Waals surface area contributed by atoms with Gasteiger partial charge < -0.3 is 40.2 Å². The number of hydrogen-bond donors (Lipinski definition) is 3. The predicted octanol–water partition coefficient (Wildman–Crippen LogP) is 6.84. The van der Waals surface area contributed by atoms with Crippen LogP contribution in [0.3, 0.4) is 0 Å². The summed E-state index contributed by atoms with van der Waals surface area (Å²) in [6.45, 7) is 11.6. The predicted molar refractivity (Wildman–Crippen MR) is 266 cm³/mol. The van der Waals surface area contributed by atoms with Crippen molar-refractivity contribution in [2.45, 2.75) is 161 Å². The molecule has 0 unspecified atom stereocenters. The van der Waals surface area contributed by atoms with Crippen LogP contribution in [0.2, 0.25) is 0 Å². The second kappa shape index (κ2) is 26.4. The van der Waals surface area contributed by atoms with Crippen LogP contribution in [-0.2, 0) is 39.9 Å². The number of Topliss-reactive ketones (excluding diaryl/α,β-unsaturated/α-hetero) is 1. The van der Waals surface area contributed by atoms with Crippen molar-refractivity contribution in [3.8, 4) is 5.75 Å². The number of piperidine rings is 1. The first-order chi connectivity index (χ1) is 33.0. The molecule has 0 spiro atoms. The number of nitrogens with one attached hydrogen (secondary N) is 1. The highest BCUT2D eigenvalue weighted by Crippen LogP contribution is 2.43. The summed E-state index contributed by atoms with van der Waals surface area (Å²) in [5.41, 5.74) is 7.60. The first-order valence-electron chi connectivity index (χ1n) is 25.5. The van der Waals surface area contributed by atoms with E-state index in [4.69, 9.17) is 19.9 Å². The number of hydrogen-bond acceptors (Lipinski definition) is 11. The maximum Gasteiger partial charge on any atom is 0.307 e. The number of likely N-dealkylation sites (N-methyl/N-ethyl adjacent to an activating group) is 1. The standard InChI is InChI=1S/C54H81N5O10/c1-9-35(4)49(46(67-7)32-47(62)59-26-17-20-44(59)51(68-8)36(5)45(61)30-40(54(65)66)28-37-18-13-12-14-19-37)57(6)53(64)48(34(2)3)56-52(63)50-38-21-23-41(29-38)58(50)25-15-10-11-16-27-69-42-24-22-39(33-60)43(55)31-42/h12-14,18-19,22,24,31,33-36,38,40-41,44,46,48-51H,9-11,15-17,20-21,23,25-30,32,55H2,1-8H3,(H,56,63)(H,65,66)/t35-,36-,38-,40+,41-,44-,46+,48-,49-,50-,51+/m0/s1. The fourth-order valence-corrected chi connectivity index (χ4v) is 11.3. The van der Waals surface area contributed by atoms with Gasteiger partial charge in [-0.25, -0.2) is 0 Å². The van der Waals surface area contributed by atoms with Crippen LogP contribution in [0.15, 0.2) is 48.5 Å². The van der Waals surface area contributed by atoms with Crippen LogP contribution in [-0.4, -0.2) is 139 Å². The minimum atomic E-state index is -1.03. The molecular formula is C54H81N5O10. The number of anilines is 1. The summed E-state index contributed by atoms with van der Waals surface area (Å²) < 4.78 is 17.9. The highest BCUT2D eigenvalue weighted by Gasteiger charge is 2.50. The van der Waals surface area contributed by atoms with Crippen molar-refractivity contribution in [3.63, 3.8) is 0 Å². The Morgan fingerprint density at radius 2 is 1.67 bits per heavy atom. The number of nitrogen functional groups attached to an aromatic ring is 1. The van der Waals surface area contributed by atoms with Gasteiger partial charge in [0.1, 0.15) is 17.6 Å². The van der Waals surface area contributed by atoms with Crippen molar-refractivity contribution in [2.75, 3.05) is 46.7 Å². The number of nitrogens with zero attached hydrogens (tertiary/aromatic N) is 3. The van der Waals surface area contributed by atoms with E-state index in [9.17, 15) is 33.9 Å². The number of carbonyl (C=O) groups is 6. The Labute approximate surface area is 410 Å². The van der Waals surface area contributed by atoms with Gasteiger partial charge in [0.15, 0.2) is 6.29 Å². The number of carbonyl (C=O) groups excluding carboxylic acids is 5. The Balaban J connectivity index is 1.19. The first kappa shape index (κ1) is 55.1. The molecule has 2 heterocycles. The molecule has 382 valence electrons. The molecular weight excluding hydrogens is 879 g/mol. The van der Waals surface area contributed by atoms with Crippen LogP contribution >= 0.6 is 0 Å². The molecule has 1 aliphatic carbocycles. The lowest BCUT2D eigenvalue weighted by Gasteiger charge is -2.41. The molecule has 15 nitrogen and oxygen atoms in total. The lowest BCUT2D eigenvalue weighted by molar-refractivity contribution is -0.148. The number of methoxy groups -OCH3 is 2. The topological polar surface area (TPSA) is 198 Å². The van der Waals surface area contributed by atoms with E-state index in [-0.39, 0.29) is 66.6 Å². The maximum atomic E-state index is 14.7. The summed E-state index contributed by atoms with van der Waals surface area (Å²) in [5.74, 6) is -2.68. The Morgan fingerprint density at radius 1 is 0.942 bits per heavy atom. The highest BCUT2D eigenvalue weighted by molar-refractivity contribution is 5.91. The third kappa shape index (κ3) is 14.2. The first-order valence-corrected chi connectivity index (χ1v) is 25.5. The van der Waals surface area contributed by atoms with Crippen LogP contribution in [0, 0.1) is 29.6 Å². The molecule has 0 radical (unpaired) electrons. The van der Waals surface area contributed by atoms with Gasteiger partial charge in [-0.1, -0.05) is 84.2 Å². The van der Waals surface area contributed by atoms with Gasteiger partial charge in [0.25, 0.3) is 0 Å². The molecule has 2 aromatic carbocycles. The Kier molecular flexibility index (Phi) is 21.1. The summed E-state index contributed by atoms with van der Waals surface area (Å²) in [7, 11) is 4.84. The van der Waals surface area contributed by atoms with Crippen LogP contribution < -0.4 is 15.8 Å². The van der Waals surface area contributed by atoms with Gasteiger partial charge >= 0.3 is 5.97 Å². The zero-order valence-corrected chi connectivity index (χ0v) is 42.5. The minimum Gasteiger partial charge on any atom is -0.494 e. The summed E-state index contributed by atoms with van der Waals surface area (Å²) in [6.07, 6.45) is 8.39. The van der Waals surface area contributed by atoms with Crippen molar-refractivity contribution in [3.05, 3.63) is 59.7 Å². The van der Waals surface area contributed by atoms with Crippen molar-refractivity contribution in [1.82, 2.24) is 20.0 Å². The summed E-state index contributed by atoms with van der Waals surface area (Å²) in [6, 6.07) is 12.7. The number of unbranched alkanes of at least 4 members (excludes halogenated alkanes) is 3. The van der Waals surface area contributed by atoms with Crippen molar-refractivity contribution >= 4 is 41.4 Å². The average molecular weight is 960 g/mol. The van der Waals surface area contributed by atoms with Crippen LogP contribution in [0.1, 0.15) is 128 Å². The molecule has 2 saturated heterocycles. The van der Waals surface area contributed by atoms with Crippen molar-refractivity contribution in [1.29, 1.82) is 0 Å². The van der Waals surface area contributed by atoms with E-state index in [1.807, 2.05) is 58.0 Å². The van der Waals surface area contributed by atoms with Crippen LogP contribution in [0.25, 0.3) is 0 Å². The number of fused-ring (bicyclic) bond motifs is 2. The van der Waals surface area contributed by atoms with E-state index in [1.54, 1.807) is 49.1 Å². The average Bonchev–Trinajstić information content (AvgIpc) is 4.10. The second-order valence-electron chi connectivity index (χ2n) is 20.3. The minimum absolute atomic E-state index is 0.00617. The van der Waals surface area contributed by atoms with Gasteiger partial charge in [-0.3, -0.25) is 33.7 Å². The van der Waals surface area contributed by atoms with E-state index in [2.05, 4.69) is 10.2 Å². The molecule has 5 rings (SSSR count).